The van der Waals surface area contributed by atoms with Crippen molar-refractivity contribution in [2.24, 2.45) is 0 Å². The Hall–Kier alpha value is -0.970. The Bertz CT molecular complexity index is 308. The van der Waals surface area contributed by atoms with Crippen LogP contribution in [0.1, 0.15) is 96.3 Å². The second kappa shape index (κ2) is 13.7. The molecular formula is C17H35N2O3+. The van der Waals surface area contributed by atoms with E-state index in [1.165, 1.54) is 57.8 Å². The summed E-state index contributed by atoms with van der Waals surface area (Å²) in [6, 6.07) is -0.833. The molecule has 1 fully saturated rings. The molecule has 5 nitrogen and oxygen atoms in total. The van der Waals surface area contributed by atoms with Crippen LogP contribution in [0.3, 0.4) is 0 Å². The summed E-state index contributed by atoms with van der Waals surface area (Å²) in [4.78, 5) is 23.0. The molecule has 0 aromatic heterocycles. The fourth-order valence-corrected chi connectivity index (χ4v) is 3.14. The topological polar surface area (TPSA) is 92.4 Å². The molecule has 0 spiro atoms. The molecule has 0 heterocycles. The van der Waals surface area contributed by atoms with Crippen molar-refractivity contribution < 1.29 is 14.9 Å². The summed E-state index contributed by atoms with van der Waals surface area (Å²) in [5.41, 5.74) is 0. The van der Waals surface area contributed by atoms with Crippen molar-refractivity contribution in [3.63, 3.8) is 0 Å². The van der Waals surface area contributed by atoms with Gasteiger partial charge in [0.1, 0.15) is 0 Å². The fraction of sp³-hybridized carbons (Fsp3) is 0.941. The van der Waals surface area contributed by atoms with Crippen molar-refractivity contribution in [1.82, 2.24) is 6.15 Å². The number of Topliss-reactive ketones (excluding diaryl/α,β-unsaturated/α-hetero) is 1. The summed E-state index contributed by atoms with van der Waals surface area (Å²) in [6.45, 7) is 0. The number of hydrogen-bond donors (Lipinski definition) is 2. The number of rotatable bonds is 1. The predicted molar refractivity (Wildman–Crippen MR) is 88.5 cm³/mol. The molecule has 0 aromatic carbocycles. The van der Waals surface area contributed by atoms with Crippen molar-refractivity contribution in [3.05, 3.63) is 4.91 Å². The van der Waals surface area contributed by atoms with Gasteiger partial charge >= 0.3 is 6.04 Å². The van der Waals surface area contributed by atoms with Crippen LogP contribution in [0, 0.1) is 4.91 Å². The van der Waals surface area contributed by atoms with Gasteiger partial charge in [-0.25, -0.2) is 5.21 Å². The zero-order valence-electron chi connectivity index (χ0n) is 14.1. The van der Waals surface area contributed by atoms with E-state index in [2.05, 4.69) is 0 Å². The molecule has 1 unspecified atom stereocenters. The third-order valence-electron chi connectivity index (χ3n) is 4.54. The van der Waals surface area contributed by atoms with E-state index in [0.717, 1.165) is 25.7 Å². The normalized spacial score (nSPS) is 24.0. The molecule has 0 radical (unpaired) electrons. The van der Waals surface area contributed by atoms with Gasteiger partial charge in [0, 0.05) is 12.8 Å². The molecule has 0 aromatic rings. The van der Waals surface area contributed by atoms with E-state index in [4.69, 9.17) is 5.21 Å². The molecule has 1 saturated carbocycles. The lowest BCUT2D eigenvalue weighted by molar-refractivity contribution is -0.806. The molecule has 4 N–H and O–H groups in total. The third kappa shape index (κ3) is 9.87. The van der Waals surface area contributed by atoms with E-state index < -0.39 is 6.04 Å². The zero-order chi connectivity index (χ0) is 15.3. The Kier molecular flexibility index (Phi) is 13.1. The largest absolute Gasteiger partial charge is 0.344 e. The first-order valence-electron chi connectivity index (χ1n) is 8.90. The molecule has 0 aliphatic heterocycles. The van der Waals surface area contributed by atoms with Crippen molar-refractivity contribution in [1.29, 1.82) is 0 Å². The molecule has 1 aliphatic rings. The van der Waals surface area contributed by atoms with Crippen LogP contribution in [0.25, 0.3) is 0 Å². The Morgan fingerprint density at radius 2 is 1.09 bits per heavy atom. The summed E-state index contributed by atoms with van der Waals surface area (Å²) >= 11 is 0. The van der Waals surface area contributed by atoms with Gasteiger partial charge in [-0.05, 0) is 12.8 Å². The van der Waals surface area contributed by atoms with Crippen LogP contribution < -0.4 is 6.15 Å². The summed E-state index contributed by atoms with van der Waals surface area (Å²) in [7, 11) is 0. The van der Waals surface area contributed by atoms with E-state index in [1.54, 1.807) is 0 Å². The van der Waals surface area contributed by atoms with Gasteiger partial charge in [0.15, 0.2) is 0 Å². The maximum atomic E-state index is 12.0. The number of nitrogens with zero attached hydrogens (tertiary/aromatic N) is 1. The standard InChI is InChI=1S/C17H32NO3.H3N/c19-17-15-13-11-9-7-5-3-1-2-4-6-8-10-12-14-16(17)18(20)21;/h16H,1-15H2,(H,20,21);1H3/q+1;. The minimum atomic E-state index is -0.833. The van der Waals surface area contributed by atoms with Gasteiger partial charge < -0.3 is 6.15 Å². The van der Waals surface area contributed by atoms with Crippen LogP contribution in [-0.4, -0.2) is 22.0 Å². The van der Waals surface area contributed by atoms with Crippen LogP contribution in [0.4, 0.5) is 0 Å². The van der Waals surface area contributed by atoms with Gasteiger partial charge in [-0.15, -0.1) is 0 Å². The maximum absolute atomic E-state index is 12.0. The van der Waals surface area contributed by atoms with E-state index in [0.29, 0.717) is 12.8 Å². The molecule has 22 heavy (non-hydrogen) atoms. The summed E-state index contributed by atoms with van der Waals surface area (Å²) in [5, 5.41) is 9.13. The Morgan fingerprint density at radius 3 is 1.50 bits per heavy atom. The van der Waals surface area contributed by atoms with Crippen LogP contribution in [0.5, 0.6) is 0 Å². The first-order valence-corrected chi connectivity index (χ1v) is 8.90. The number of carbonyl (C=O) groups is 1. The molecule has 0 bridgehead atoms. The number of ketones is 1. The maximum Gasteiger partial charge on any atom is 0.314 e. The molecule has 1 rings (SSSR count). The first-order chi connectivity index (χ1) is 10.2. The Morgan fingerprint density at radius 1 is 0.727 bits per heavy atom. The highest BCUT2D eigenvalue weighted by Gasteiger charge is 2.32. The highest BCUT2D eigenvalue weighted by molar-refractivity contribution is 5.82. The van der Waals surface area contributed by atoms with Crippen molar-refractivity contribution in [2.45, 2.75) is 102 Å². The second-order valence-electron chi connectivity index (χ2n) is 6.42. The first kappa shape index (κ1) is 21.0. The molecule has 0 amide bonds. The van der Waals surface area contributed by atoms with Gasteiger partial charge in [-0.2, -0.15) is 0 Å². The monoisotopic (exact) mass is 315 g/mol. The number of hydrogen-bond acceptors (Lipinski definition) is 3. The molecule has 5 heteroatoms. The van der Waals surface area contributed by atoms with Gasteiger partial charge in [0.05, 0.1) is 4.91 Å². The fourth-order valence-electron chi connectivity index (χ4n) is 3.14. The minimum absolute atomic E-state index is 0. The van der Waals surface area contributed by atoms with Crippen LogP contribution >= 0.6 is 0 Å². The van der Waals surface area contributed by atoms with Crippen molar-refractivity contribution >= 4 is 5.78 Å². The molecule has 130 valence electrons. The SMILES string of the molecule is N.O=C1CCCCCCCCCCCCCCCC1[N+](=O)O. The minimum Gasteiger partial charge on any atom is -0.344 e. The van der Waals surface area contributed by atoms with Gasteiger partial charge in [0.25, 0.3) is 0 Å². The quantitative estimate of drug-likeness (QED) is 0.657. The summed E-state index contributed by atoms with van der Waals surface area (Å²) in [5.74, 6) is -0.0863. The van der Waals surface area contributed by atoms with E-state index in [1.807, 2.05) is 0 Å². The average molecular weight is 315 g/mol. The highest BCUT2D eigenvalue weighted by atomic mass is 16.6. The Balaban J connectivity index is 0.00000441. The van der Waals surface area contributed by atoms with Crippen LogP contribution in [0.2, 0.25) is 0 Å². The van der Waals surface area contributed by atoms with E-state index in [-0.39, 0.29) is 16.9 Å². The number of carbonyl (C=O) groups excluding carboxylic acids is 1. The van der Waals surface area contributed by atoms with Gasteiger partial charge in [-0.1, -0.05) is 70.6 Å². The lowest BCUT2D eigenvalue weighted by Crippen LogP contribution is -2.30. The second-order valence-corrected chi connectivity index (χ2v) is 6.42. The van der Waals surface area contributed by atoms with Crippen LogP contribution in [-0.2, 0) is 4.79 Å². The average Bonchev–Trinajstić information content (AvgIpc) is 2.45. The van der Waals surface area contributed by atoms with Crippen molar-refractivity contribution in [3.8, 4) is 0 Å². The van der Waals surface area contributed by atoms with E-state index >= 15 is 0 Å². The zero-order valence-corrected chi connectivity index (χ0v) is 14.1. The van der Waals surface area contributed by atoms with Gasteiger partial charge in [0.2, 0.25) is 10.7 Å². The Labute approximate surface area is 135 Å². The molecular weight excluding hydrogens is 280 g/mol. The third-order valence-corrected chi connectivity index (χ3v) is 4.54. The van der Waals surface area contributed by atoms with Crippen molar-refractivity contribution in [2.75, 3.05) is 0 Å². The van der Waals surface area contributed by atoms with Crippen LogP contribution in [0.15, 0.2) is 0 Å². The lowest BCUT2D eigenvalue weighted by atomic mass is 9.99. The summed E-state index contributed by atoms with van der Waals surface area (Å²) in [6.07, 6.45) is 16.3. The predicted octanol–water partition coefficient (Wildman–Crippen LogP) is 5.12. The van der Waals surface area contributed by atoms with Gasteiger partial charge in [-0.3, -0.25) is 4.79 Å². The molecule has 1 atom stereocenters. The smallest absolute Gasteiger partial charge is 0.314 e. The molecule has 1 aliphatic carbocycles. The summed E-state index contributed by atoms with van der Waals surface area (Å²) < 4.78 is 0. The molecule has 0 saturated heterocycles. The highest BCUT2D eigenvalue weighted by Crippen LogP contribution is 2.16. The lowest BCUT2D eigenvalue weighted by Gasteiger charge is -2.05. The van der Waals surface area contributed by atoms with E-state index in [9.17, 15) is 9.70 Å².